The third-order valence-electron chi connectivity index (χ3n) is 2.87. The van der Waals surface area contributed by atoms with Crippen LogP contribution in [0, 0.1) is 11.8 Å². The highest BCUT2D eigenvalue weighted by atomic mass is 16.3. The first-order valence-corrected chi connectivity index (χ1v) is 5.84. The summed E-state index contributed by atoms with van der Waals surface area (Å²) in [6.45, 7) is 11.2. The van der Waals surface area contributed by atoms with Gasteiger partial charge in [-0.05, 0) is 38.5 Å². The van der Waals surface area contributed by atoms with Crippen molar-refractivity contribution in [1.29, 1.82) is 0 Å². The van der Waals surface area contributed by atoms with E-state index in [2.05, 4.69) is 39.9 Å². The zero-order valence-electron chi connectivity index (χ0n) is 10.4. The molecule has 0 radical (unpaired) electrons. The van der Waals surface area contributed by atoms with Crippen LogP contribution in [0.15, 0.2) is 0 Å². The average molecular weight is 201 g/mol. The summed E-state index contributed by atoms with van der Waals surface area (Å²) >= 11 is 0. The molecule has 2 nitrogen and oxygen atoms in total. The van der Waals surface area contributed by atoms with Crippen LogP contribution in [0.25, 0.3) is 0 Å². The van der Waals surface area contributed by atoms with E-state index in [1.807, 2.05) is 0 Å². The van der Waals surface area contributed by atoms with Gasteiger partial charge in [-0.1, -0.05) is 20.8 Å². The Balaban J connectivity index is 3.65. The summed E-state index contributed by atoms with van der Waals surface area (Å²) in [7, 11) is 0. The maximum Gasteiger partial charge on any atom is 0.0471 e. The summed E-state index contributed by atoms with van der Waals surface area (Å²) in [5, 5.41) is 12.5. The van der Waals surface area contributed by atoms with E-state index in [0.717, 1.165) is 5.92 Å². The predicted molar refractivity (Wildman–Crippen MR) is 62.4 cm³/mol. The number of aliphatic hydroxyl groups is 1. The smallest absolute Gasteiger partial charge is 0.0471 e. The lowest BCUT2D eigenvalue weighted by Crippen LogP contribution is -2.39. The second-order valence-corrected chi connectivity index (χ2v) is 4.99. The van der Waals surface area contributed by atoms with Gasteiger partial charge < -0.3 is 10.4 Å². The van der Waals surface area contributed by atoms with Gasteiger partial charge in [-0.2, -0.15) is 0 Å². The molecule has 2 heteroatoms. The molecule has 0 spiro atoms. The number of aliphatic hydroxyl groups excluding tert-OH is 1. The molecule has 0 aliphatic rings. The molecule has 0 unspecified atom stereocenters. The first-order chi connectivity index (χ1) is 6.47. The van der Waals surface area contributed by atoms with Crippen molar-refractivity contribution in [2.45, 2.75) is 59.5 Å². The van der Waals surface area contributed by atoms with E-state index in [-0.39, 0.29) is 6.61 Å². The monoisotopic (exact) mass is 201 g/mol. The zero-order chi connectivity index (χ0) is 11.1. The number of nitrogens with one attached hydrogen (secondary N) is 1. The van der Waals surface area contributed by atoms with Crippen LogP contribution in [0.1, 0.15) is 47.5 Å². The van der Waals surface area contributed by atoms with E-state index in [0.29, 0.717) is 18.0 Å². The Morgan fingerprint density at radius 2 is 1.57 bits per heavy atom. The van der Waals surface area contributed by atoms with Crippen molar-refractivity contribution in [3.05, 3.63) is 0 Å². The number of hydrogen-bond donors (Lipinski definition) is 2. The molecule has 0 bridgehead atoms. The first kappa shape index (κ1) is 13.9. The van der Waals surface area contributed by atoms with Crippen LogP contribution in [-0.2, 0) is 0 Å². The van der Waals surface area contributed by atoms with Crippen LogP contribution in [0.4, 0.5) is 0 Å². The standard InChI is InChI=1S/C12H27NO/c1-9(2)6-7-11(4)13-12(5)10(3)8-14/h9-14H,6-8H2,1-5H3/t10-,11+,12-/m1/s1. The summed E-state index contributed by atoms with van der Waals surface area (Å²) < 4.78 is 0. The molecule has 0 aromatic rings. The topological polar surface area (TPSA) is 32.3 Å². The normalized spacial score (nSPS) is 18.2. The molecule has 0 aromatic heterocycles. The lowest BCUT2D eigenvalue weighted by Gasteiger charge is -2.24. The molecule has 0 fully saturated rings. The second-order valence-electron chi connectivity index (χ2n) is 4.99. The third kappa shape index (κ3) is 6.39. The van der Waals surface area contributed by atoms with Gasteiger partial charge in [-0.3, -0.25) is 0 Å². The van der Waals surface area contributed by atoms with Gasteiger partial charge in [0, 0.05) is 18.7 Å². The van der Waals surface area contributed by atoms with Crippen molar-refractivity contribution in [3.63, 3.8) is 0 Å². The van der Waals surface area contributed by atoms with Gasteiger partial charge in [0.1, 0.15) is 0 Å². The molecule has 0 heterocycles. The largest absolute Gasteiger partial charge is 0.396 e. The summed E-state index contributed by atoms with van der Waals surface area (Å²) in [6, 6.07) is 0.962. The molecular weight excluding hydrogens is 174 g/mol. The minimum atomic E-state index is 0.269. The van der Waals surface area contributed by atoms with Crippen molar-refractivity contribution < 1.29 is 5.11 Å². The Hall–Kier alpha value is -0.0800. The van der Waals surface area contributed by atoms with Gasteiger partial charge >= 0.3 is 0 Å². The van der Waals surface area contributed by atoms with Crippen molar-refractivity contribution in [2.24, 2.45) is 11.8 Å². The van der Waals surface area contributed by atoms with Crippen LogP contribution in [0.2, 0.25) is 0 Å². The molecule has 0 saturated carbocycles. The van der Waals surface area contributed by atoms with Crippen LogP contribution in [-0.4, -0.2) is 23.8 Å². The average Bonchev–Trinajstić information content (AvgIpc) is 2.13. The molecule has 0 amide bonds. The third-order valence-corrected chi connectivity index (χ3v) is 2.87. The highest BCUT2D eigenvalue weighted by molar-refractivity contribution is 4.72. The van der Waals surface area contributed by atoms with E-state index in [9.17, 15) is 0 Å². The maximum absolute atomic E-state index is 9.00. The fraction of sp³-hybridized carbons (Fsp3) is 1.00. The Kier molecular flexibility index (Phi) is 7.20. The fourth-order valence-electron chi connectivity index (χ4n) is 1.44. The van der Waals surface area contributed by atoms with Gasteiger partial charge in [-0.15, -0.1) is 0 Å². The molecule has 0 aliphatic carbocycles. The van der Waals surface area contributed by atoms with Crippen molar-refractivity contribution in [3.8, 4) is 0 Å². The van der Waals surface area contributed by atoms with E-state index < -0.39 is 0 Å². The SMILES string of the molecule is CC(C)CC[C@H](C)N[C@H](C)[C@H](C)CO. The first-order valence-electron chi connectivity index (χ1n) is 5.84. The Morgan fingerprint density at radius 1 is 1.00 bits per heavy atom. The van der Waals surface area contributed by atoms with Crippen molar-refractivity contribution >= 4 is 0 Å². The van der Waals surface area contributed by atoms with E-state index >= 15 is 0 Å². The molecule has 0 rings (SSSR count). The Morgan fingerprint density at radius 3 is 2.00 bits per heavy atom. The number of rotatable bonds is 7. The zero-order valence-corrected chi connectivity index (χ0v) is 10.4. The van der Waals surface area contributed by atoms with Crippen LogP contribution in [0.5, 0.6) is 0 Å². The summed E-state index contributed by atoms with van der Waals surface area (Å²) in [4.78, 5) is 0. The highest BCUT2D eigenvalue weighted by Gasteiger charge is 2.13. The summed E-state index contributed by atoms with van der Waals surface area (Å²) in [6.07, 6.45) is 2.49. The van der Waals surface area contributed by atoms with Gasteiger partial charge in [0.25, 0.3) is 0 Å². The molecule has 0 aromatic carbocycles. The molecule has 86 valence electrons. The Labute approximate surface area is 89.1 Å². The van der Waals surface area contributed by atoms with Gasteiger partial charge in [-0.25, -0.2) is 0 Å². The van der Waals surface area contributed by atoms with E-state index in [1.165, 1.54) is 12.8 Å². The quantitative estimate of drug-likeness (QED) is 0.663. The minimum Gasteiger partial charge on any atom is -0.396 e. The Bertz CT molecular complexity index is 136. The van der Waals surface area contributed by atoms with E-state index in [4.69, 9.17) is 5.11 Å². The van der Waals surface area contributed by atoms with Gasteiger partial charge in [0.05, 0.1) is 0 Å². The fourth-order valence-corrected chi connectivity index (χ4v) is 1.44. The second kappa shape index (κ2) is 7.24. The van der Waals surface area contributed by atoms with Crippen LogP contribution in [0.3, 0.4) is 0 Å². The van der Waals surface area contributed by atoms with E-state index in [1.54, 1.807) is 0 Å². The maximum atomic E-state index is 9.00. The summed E-state index contributed by atoms with van der Waals surface area (Å²) in [5.41, 5.74) is 0. The van der Waals surface area contributed by atoms with Gasteiger partial charge in [0.2, 0.25) is 0 Å². The minimum absolute atomic E-state index is 0.269. The molecule has 3 atom stereocenters. The molecule has 14 heavy (non-hydrogen) atoms. The lowest BCUT2D eigenvalue weighted by molar-refractivity contribution is 0.200. The van der Waals surface area contributed by atoms with Gasteiger partial charge in [0.15, 0.2) is 0 Å². The summed E-state index contributed by atoms with van der Waals surface area (Å²) in [5.74, 6) is 1.13. The predicted octanol–water partition coefficient (Wildman–Crippen LogP) is 2.42. The molecule has 0 aliphatic heterocycles. The van der Waals surface area contributed by atoms with Crippen molar-refractivity contribution in [1.82, 2.24) is 5.32 Å². The molecular formula is C12H27NO. The molecule has 0 saturated heterocycles. The highest BCUT2D eigenvalue weighted by Crippen LogP contribution is 2.09. The van der Waals surface area contributed by atoms with Crippen LogP contribution < -0.4 is 5.32 Å². The van der Waals surface area contributed by atoms with Crippen molar-refractivity contribution in [2.75, 3.05) is 6.61 Å². The lowest BCUT2D eigenvalue weighted by atomic mass is 10.0. The molecule has 2 N–H and O–H groups in total. The number of hydrogen-bond acceptors (Lipinski definition) is 2. The van der Waals surface area contributed by atoms with Crippen LogP contribution >= 0.6 is 0 Å².